The first-order valence-electron chi connectivity index (χ1n) is 8.49. The lowest BCUT2D eigenvalue weighted by Crippen LogP contribution is -2.13. The summed E-state index contributed by atoms with van der Waals surface area (Å²) in [6.45, 7) is 1.46. The van der Waals surface area contributed by atoms with Gasteiger partial charge in [-0.1, -0.05) is 0 Å². The number of nitro benzene ring substituents is 1. The van der Waals surface area contributed by atoms with E-state index in [4.69, 9.17) is 5.73 Å². The molecule has 0 aliphatic heterocycles. The number of rotatable bonds is 4. The van der Waals surface area contributed by atoms with Crippen molar-refractivity contribution >= 4 is 22.7 Å². The number of hydrogen-bond donors (Lipinski definition) is 1. The summed E-state index contributed by atoms with van der Waals surface area (Å²) in [5.74, 6) is 0.226. The second-order valence-corrected chi connectivity index (χ2v) is 6.44. The molecule has 0 saturated carbocycles. The Hall–Kier alpha value is -4.03. The molecule has 0 bridgehead atoms. The van der Waals surface area contributed by atoms with Crippen molar-refractivity contribution in [2.24, 2.45) is 0 Å². The van der Waals surface area contributed by atoms with Gasteiger partial charge in [0.2, 0.25) is 5.95 Å². The average molecular weight is 418 g/mol. The average Bonchev–Trinajstić information content (AvgIpc) is 3.27. The summed E-state index contributed by atoms with van der Waals surface area (Å²) in [6, 6.07) is 4.32. The molecular formula is C17H13F3N8O2. The van der Waals surface area contributed by atoms with E-state index in [9.17, 15) is 23.3 Å². The second-order valence-electron chi connectivity index (χ2n) is 6.44. The lowest BCUT2D eigenvalue weighted by molar-refractivity contribution is -0.385. The van der Waals surface area contributed by atoms with Crippen LogP contribution in [-0.4, -0.2) is 34.5 Å². The number of fused-ring (bicyclic) bond motifs is 1. The molecule has 30 heavy (non-hydrogen) atoms. The lowest BCUT2D eigenvalue weighted by atomic mass is 10.1. The van der Waals surface area contributed by atoms with E-state index in [0.717, 1.165) is 17.8 Å². The van der Waals surface area contributed by atoms with Gasteiger partial charge in [0.25, 0.3) is 5.69 Å². The van der Waals surface area contributed by atoms with E-state index in [1.165, 1.54) is 15.6 Å². The maximum Gasteiger partial charge on any atom is 0.416 e. The molecule has 0 aliphatic carbocycles. The summed E-state index contributed by atoms with van der Waals surface area (Å²) in [5.41, 5.74) is 4.74. The number of hydrogen-bond acceptors (Lipinski definition) is 7. The molecule has 154 valence electrons. The van der Waals surface area contributed by atoms with Gasteiger partial charge in [-0.2, -0.15) is 33.3 Å². The summed E-state index contributed by atoms with van der Waals surface area (Å²) in [5, 5.41) is 19.7. The van der Waals surface area contributed by atoms with Crippen LogP contribution in [-0.2, 0) is 12.7 Å². The smallest absolute Gasteiger partial charge is 0.368 e. The molecule has 4 rings (SSSR count). The summed E-state index contributed by atoms with van der Waals surface area (Å²) < 4.78 is 43.1. The number of nitrogens with two attached hydrogens (primary N) is 1. The minimum Gasteiger partial charge on any atom is -0.368 e. The minimum atomic E-state index is -4.78. The van der Waals surface area contributed by atoms with Gasteiger partial charge in [0.15, 0.2) is 11.5 Å². The van der Waals surface area contributed by atoms with Crippen LogP contribution >= 0.6 is 0 Å². The van der Waals surface area contributed by atoms with E-state index in [1.807, 2.05) is 0 Å². The monoisotopic (exact) mass is 418 g/mol. The molecule has 1 aromatic carbocycles. The number of anilines is 1. The van der Waals surface area contributed by atoms with Crippen LogP contribution in [0.1, 0.15) is 16.8 Å². The van der Waals surface area contributed by atoms with Gasteiger partial charge in [0.05, 0.1) is 34.3 Å². The van der Waals surface area contributed by atoms with Crippen LogP contribution in [0.3, 0.4) is 0 Å². The zero-order valence-corrected chi connectivity index (χ0v) is 15.3. The highest BCUT2D eigenvalue weighted by Crippen LogP contribution is 2.35. The number of nitrogens with zero attached hydrogens (tertiary/aromatic N) is 7. The normalized spacial score (nSPS) is 11.9. The third kappa shape index (κ3) is 3.40. The Labute approximate surface area is 165 Å². The predicted octanol–water partition coefficient (Wildman–Crippen LogP) is 2.88. The molecule has 3 aromatic heterocycles. The zero-order chi connectivity index (χ0) is 21.6. The van der Waals surface area contributed by atoms with Crippen molar-refractivity contribution in [3.05, 3.63) is 63.6 Å². The Kier molecular flexibility index (Phi) is 4.37. The quantitative estimate of drug-likeness (QED) is 0.398. The van der Waals surface area contributed by atoms with Crippen LogP contribution in [0.15, 0.2) is 36.7 Å². The highest BCUT2D eigenvalue weighted by atomic mass is 19.4. The number of nitro groups is 1. The van der Waals surface area contributed by atoms with E-state index in [-0.39, 0.29) is 23.7 Å². The number of aryl methyl sites for hydroxylation is 1. The molecule has 4 aromatic rings. The van der Waals surface area contributed by atoms with Crippen molar-refractivity contribution < 1.29 is 18.1 Å². The van der Waals surface area contributed by atoms with E-state index < -0.39 is 22.4 Å². The molecule has 2 N–H and O–H groups in total. The number of aromatic nitrogens is 6. The molecule has 0 fully saturated rings. The Bertz CT molecular complexity index is 1280. The highest BCUT2D eigenvalue weighted by Gasteiger charge is 2.35. The molecule has 0 atom stereocenters. The Morgan fingerprint density at radius 1 is 1.23 bits per heavy atom. The molecule has 0 spiro atoms. The van der Waals surface area contributed by atoms with Gasteiger partial charge in [-0.3, -0.25) is 10.1 Å². The molecule has 3 heterocycles. The Balaban J connectivity index is 1.83. The topological polar surface area (TPSA) is 131 Å². The molecule has 0 amide bonds. The molecular weight excluding hydrogens is 405 g/mol. The van der Waals surface area contributed by atoms with E-state index in [1.54, 1.807) is 19.2 Å². The summed E-state index contributed by atoms with van der Waals surface area (Å²) in [4.78, 5) is 18.2. The maximum atomic E-state index is 13.5. The van der Waals surface area contributed by atoms with Gasteiger partial charge < -0.3 is 5.73 Å². The third-order valence-corrected chi connectivity index (χ3v) is 4.36. The van der Waals surface area contributed by atoms with Gasteiger partial charge >= 0.3 is 6.18 Å². The predicted molar refractivity (Wildman–Crippen MR) is 98.8 cm³/mol. The SMILES string of the molecule is Cc1ccn(-c2nc(N)nc3c2cnn3Cc2ccc([N+](=O)[O-])cc2C(F)(F)F)n1. The van der Waals surface area contributed by atoms with Crippen molar-refractivity contribution in [3.63, 3.8) is 0 Å². The molecule has 13 heteroatoms. The van der Waals surface area contributed by atoms with Crippen LogP contribution in [0.5, 0.6) is 0 Å². The zero-order valence-electron chi connectivity index (χ0n) is 15.3. The van der Waals surface area contributed by atoms with Crippen molar-refractivity contribution in [3.8, 4) is 5.82 Å². The van der Waals surface area contributed by atoms with Crippen molar-refractivity contribution in [1.82, 2.24) is 29.5 Å². The fraction of sp³-hybridized carbons (Fsp3) is 0.176. The van der Waals surface area contributed by atoms with E-state index in [0.29, 0.717) is 17.3 Å². The van der Waals surface area contributed by atoms with Gasteiger partial charge in [-0.15, -0.1) is 0 Å². The summed E-state index contributed by atoms with van der Waals surface area (Å²) in [6.07, 6.45) is -1.72. The molecule has 0 radical (unpaired) electrons. The summed E-state index contributed by atoms with van der Waals surface area (Å²) >= 11 is 0. The maximum absolute atomic E-state index is 13.5. The first-order chi connectivity index (χ1) is 14.1. The van der Waals surface area contributed by atoms with Gasteiger partial charge in [0, 0.05) is 18.3 Å². The standard InChI is InChI=1S/C17H13F3N8O2/c1-9-4-5-26(25-9)14-12-7-22-27(15(12)24-16(21)23-14)8-10-2-3-11(28(29)30)6-13(10)17(18,19)20/h2-7H,8H2,1H3,(H2,21,23,24). The largest absolute Gasteiger partial charge is 0.416 e. The molecule has 0 aliphatic rings. The van der Waals surface area contributed by atoms with Crippen LogP contribution in [0.2, 0.25) is 0 Å². The number of nitrogen functional groups attached to an aromatic ring is 1. The fourth-order valence-electron chi connectivity index (χ4n) is 3.02. The number of halogens is 3. The number of alkyl halides is 3. The summed E-state index contributed by atoms with van der Waals surface area (Å²) in [7, 11) is 0. The van der Waals surface area contributed by atoms with Gasteiger partial charge in [-0.05, 0) is 24.6 Å². The van der Waals surface area contributed by atoms with Crippen molar-refractivity contribution in [2.75, 3.05) is 5.73 Å². The molecule has 0 unspecified atom stereocenters. The van der Waals surface area contributed by atoms with Crippen LogP contribution in [0.25, 0.3) is 16.9 Å². The second kappa shape index (κ2) is 6.79. The van der Waals surface area contributed by atoms with Crippen LogP contribution in [0.4, 0.5) is 24.8 Å². The van der Waals surface area contributed by atoms with Crippen LogP contribution in [0, 0.1) is 17.0 Å². The fourth-order valence-corrected chi connectivity index (χ4v) is 3.02. The van der Waals surface area contributed by atoms with Crippen LogP contribution < -0.4 is 5.73 Å². The van der Waals surface area contributed by atoms with E-state index in [2.05, 4.69) is 20.2 Å². The first-order valence-corrected chi connectivity index (χ1v) is 8.49. The van der Waals surface area contributed by atoms with Gasteiger partial charge in [0.1, 0.15) is 0 Å². The first kappa shape index (κ1) is 19.3. The van der Waals surface area contributed by atoms with Crippen molar-refractivity contribution in [2.45, 2.75) is 19.6 Å². The van der Waals surface area contributed by atoms with Gasteiger partial charge in [-0.25, -0.2) is 9.36 Å². The molecule has 0 saturated heterocycles. The van der Waals surface area contributed by atoms with Crippen molar-refractivity contribution in [1.29, 1.82) is 0 Å². The third-order valence-electron chi connectivity index (χ3n) is 4.36. The number of non-ortho nitro benzene ring substituents is 1. The minimum absolute atomic E-state index is 0.104. The lowest BCUT2D eigenvalue weighted by Gasteiger charge is -2.13. The Morgan fingerprint density at radius 3 is 2.63 bits per heavy atom. The Morgan fingerprint density at radius 2 is 2.00 bits per heavy atom. The molecule has 10 nitrogen and oxygen atoms in total. The highest BCUT2D eigenvalue weighted by molar-refractivity contribution is 5.83. The van der Waals surface area contributed by atoms with E-state index >= 15 is 0 Å². The number of benzene rings is 1.